The van der Waals surface area contributed by atoms with Crippen molar-refractivity contribution in [1.82, 2.24) is 10.2 Å². The molecule has 1 amide bonds. The fraction of sp³-hybridized carbons (Fsp3) is 0.458. The minimum atomic E-state index is -0.252. The van der Waals surface area contributed by atoms with Gasteiger partial charge in [0.1, 0.15) is 12.4 Å². The van der Waals surface area contributed by atoms with Crippen molar-refractivity contribution in [3.05, 3.63) is 58.9 Å². The lowest BCUT2D eigenvalue weighted by Crippen LogP contribution is -2.49. The molecular weight excluding hydrogens is 399 g/mol. The predicted octanol–water partition coefficient (Wildman–Crippen LogP) is 3.48. The number of fused-ring (bicyclic) bond motifs is 1. The number of hydrogen-bond donors (Lipinski definition) is 1. The number of ether oxygens (including phenoxy) is 3. The van der Waals surface area contributed by atoms with E-state index in [0.717, 1.165) is 36.1 Å². The summed E-state index contributed by atoms with van der Waals surface area (Å²) in [5.41, 5.74) is 3.15. The van der Waals surface area contributed by atoms with Gasteiger partial charge in [-0.2, -0.15) is 0 Å². The zero-order valence-electron chi connectivity index (χ0n) is 18.6. The molecule has 0 spiro atoms. The number of carbonyl (C=O) groups is 1. The Morgan fingerprint density at radius 2 is 1.94 bits per heavy atom. The quantitative estimate of drug-likeness (QED) is 0.660. The molecule has 0 saturated heterocycles. The molecule has 0 radical (unpaired) electrons. The van der Waals surface area contributed by atoms with Crippen molar-refractivity contribution in [2.45, 2.75) is 38.4 Å². The molecule has 1 heterocycles. The first-order valence-electron chi connectivity index (χ1n) is 10.5. The third-order valence-corrected chi connectivity index (χ3v) is 5.74. The van der Waals surface area contributed by atoms with Gasteiger partial charge in [0.05, 0.1) is 20.3 Å². The van der Waals surface area contributed by atoms with Gasteiger partial charge in [-0.15, -0.1) is 0 Å². The molecule has 2 aromatic rings. The van der Waals surface area contributed by atoms with Crippen LogP contribution in [0.3, 0.4) is 0 Å². The van der Waals surface area contributed by atoms with Gasteiger partial charge in [0.25, 0.3) is 0 Å². The highest BCUT2D eigenvalue weighted by molar-refractivity contribution is 5.77. The fourth-order valence-electron chi connectivity index (χ4n) is 4.33. The van der Waals surface area contributed by atoms with Crippen LogP contribution in [-0.2, 0) is 22.5 Å². The molecule has 0 aromatic heterocycles. The van der Waals surface area contributed by atoms with Crippen molar-refractivity contribution in [2.75, 3.05) is 34.5 Å². The first kappa shape index (κ1) is 23.0. The molecule has 0 fully saturated rings. The summed E-state index contributed by atoms with van der Waals surface area (Å²) in [6.07, 6.45) is 1.55. The van der Waals surface area contributed by atoms with Crippen molar-refractivity contribution in [2.24, 2.45) is 0 Å². The maximum Gasteiger partial charge on any atom is 0.246 e. The van der Waals surface area contributed by atoms with E-state index in [-0.39, 0.29) is 30.4 Å². The van der Waals surface area contributed by atoms with Gasteiger partial charge in [-0.25, -0.2) is 4.39 Å². The molecule has 2 unspecified atom stereocenters. The number of amides is 1. The van der Waals surface area contributed by atoms with E-state index < -0.39 is 0 Å². The Hall–Kier alpha value is -2.64. The van der Waals surface area contributed by atoms with Crippen molar-refractivity contribution in [1.29, 1.82) is 0 Å². The molecule has 0 saturated carbocycles. The first-order chi connectivity index (χ1) is 15.0. The third-order valence-electron chi connectivity index (χ3n) is 5.74. The Balaban J connectivity index is 2.01. The number of nitrogens with zero attached hydrogens (tertiary/aromatic N) is 1. The minimum Gasteiger partial charge on any atom is -0.493 e. The molecule has 31 heavy (non-hydrogen) atoms. The van der Waals surface area contributed by atoms with Gasteiger partial charge in [-0.1, -0.05) is 19.1 Å². The van der Waals surface area contributed by atoms with E-state index in [1.165, 1.54) is 13.2 Å². The van der Waals surface area contributed by atoms with Gasteiger partial charge in [0.2, 0.25) is 5.91 Å². The average Bonchev–Trinajstić information content (AvgIpc) is 2.77. The zero-order chi connectivity index (χ0) is 22.4. The highest BCUT2D eigenvalue weighted by atomic mass is 19.1. The summed E-state index contributed by atoms with van der Waals surface area (Å²) in [7, 11) is 4.74. The van der Waals surface area contributed by atoms with Crippen molar-refractivity contribution in [3.63, 3.8) is 0 Å². The van der Waals surface area contributed by atoms with Crippen LogP contribution < -0.4 is 14.8 Å². The Kier molecular flexibility index (Phi) is 7.87. The van der Waals surface area contributed by atoms with Crippen LogP contribution in [0.1, 0.15) is 36.1 Å². The molecule has 1 N–H and O–H groups in total. The van der Waals surface area contributed by atoms with E-state index >= 15 is 0 Å². The summed E-state index contributed by atoms with van der Waals surface area (Å²) >= 11 is 0. The van der Waals surface area contributed by atoms with Crippen LogP contribution in [0.15, 0.2) is 36.4 Å². The van der Waals surface area contributed by atoms with Crippen molar-refractivity contribution >= 4 is 5.91 Å². The molecule has 3 rings (SSSR count). The molecule has 1 aliphatic heterocycles. The number of hydrogen-bond acceptors (Lipinski definition) is 5. The summed E-state index contributed by atoms with van der Waals surface area (Å²) in [6, 6.07) is 10.4. The largest absolute Gasteiger partial charge is 0.493 e. The van der Waals surface area contributed by atoms with Crippen LogP contribution in [-0.4, -0.2) is 51.3 Å². The summed E-state index contributed by atoms with van der Waals surface area (Å²) in [6.45, 7) is 3.41. The fourth-order valence-corrected chi connectivity index (χ4v) is 4.33. The number of halogens is 1. The van der Waals surface area contributed by atoms with Gasteiger partial charge in [0.15, 0.2) is 11.5 Å². The van der Waals surface area contributed by atoms with Crippen LogP contribution >= 0.6 is 0 Å². The standard InChI is InChI=1S/C24H31FN2O4/c1-5-20(26-23(28)15-29-2)24-19-13-22(31-4)21(30-3)12-17(19)9-10-27(24)14-16-7-6-8-18(25)11-16/h6-8,11-13,20,24H,5,9-10,14-15H2,1-4H3,(H,26,28). The van der Waals surface area contributed by atoms with Gasteiger partial charge in [0, 0.05) is 26.2 Å². The normalized spacial score (nSPS) is 17.0. The van der Waals surface area contributed by atoms with E-state index in [1.807, 2.05) is 25.1 Å². The Bertz CT molecular complexity index is 905. The van der Waals surface area contributed by atoms with Crippen LogP contribution in [0.25, 0.3) is 0 Å². The molecule has 0 aliphatic carbocycles. The van der Waals surface area contributed by atoms with Gasteiger partial charge < -0.3 is 19.5 Å². The van der Waals surface area contributed by atoms with E-state index in [9.17, 15) is 9.18 Å². The molecule has 6 nitrogen and oxygen atoms in total. The number of carbonyl (C=O) groups excluding carboxylic acids is 1. The average molecular weight is 431 g/mol. The summed E-state index contributed by atoms with van der Waals surface area (Å²) in [5, 5.41) is 3.12. The predicted molar refractivity (Wildman–Crippen MR) is 117 cm³/mol. The zero-order valence-corrected chi connectivity index (χ0v) is 18.6. The third kappa shape index (κ3) is 5.35. The SMILES string of the molecule is CCC(NC(=O)COC)C1c2cc(OC)c(OC)cc2CCN1Cc1cccc(F)c1. The topological polar surface area (TPSA) is 60.0 Å². The second-order valence-corrected chi connectivity index (χ2v) is 7.72. The van der Waals surface area contributed by atoms with E-state index in [0.29, 0.717) is 18.0 Å². The lowest BCUT2D eigenvalue weighted by molar-refractivity contribution is -0.126. The van der Waals surface area contributed by atoms with Crippen molar-refractivity contribution < 1.29 is 23.4 Å². The molecule has 168 valence electrons. The Morgan fingerprint density at radius 1 is 1.19 bits per heavy atom. The highest BCUT2D eigenvalue weighted by Gasteiger charge is 2.35. The lowest BCUT2D eigenvalue weighted by atomic mass is 9.86. The molecule has 2 atom stereocenters. The van der Waals surface area contributed by atoms with Crippen LogP contribution in [0.2, 0.25) is 0 Å². The van der Waals surface area contributed by atoms with Crippen molar-refractivity contribution in [3.8, 4) is 11.5 Å². The maximum atomic E-state index is 13.8. The first-order valence-corrected chi connectivity index (χ1v) is 10.5. The molecule has 1 aliphatic rings. The van der Waals surface area contributed by atoms with E-state index in [1.54, 1.807) is 26.4 Å². The lowest BCUT2D eigenvalue weighted by Gasteiger charge is -2.42. The van der Waals surface area contributed by atoms with E-state index in [4.69, 9.17) is 14.2 Å². The Morgan fingerprint density at radius 3 is 2.58 bits per heavy atom. The van der Waals surface area contributed by atoms with Gasteiger partial charge >= 0.3 is 0 Å². The monoisotopic (exact) mass is 430 g/mol. The molecule has 2 aromatic carbocycles. The van der Waals surface area contributed by atoms with Gasteiger partial charge in [-0.05, 0) is 53.8 Å². The van der Waals surface area contributed by atoms with E-state index in [2.05, 4.69) is 10.2 Å². The second-order valence-electron chi connectivity index (χ2n) is 7.72. The second kappa shape index (κ2) is 10.6. The van der Waals surface area contributed by atoms with Gasteiger partial charge in [-0.3, -0.25) is 9.69 Å². The highest BCUT2D eigenvalue weighted by Crippen LogP contribution is 2.40. The van der Waals surface area contributed by atoms with Crippen LogP contribution in [0.4, 0.5) is 4.39 Å². The molecule has 7 heteroatoms. The summed E-state index contributed by atoms with van der Waals surface area (Å²) < 4.78 is 29.8. The summed E-state index contributed by atoms with van der Waals surface area (Å²) in [4.78, 5) is 14.6. The Labute approximate surface area is 183 Å². The number of nitrogens with one attached hydrogen (secondary N) is 1. The maximum absolute atomic E-state index is 13.8. The molecule has 0 bridgehead atoms. The van der Waals surface area contributed by atoms with Crippen LogP contribution in [0.5, 0.6) is 11.5 Å². The number of rotatable bonds is 9. The summed E-state index contributed by atoms with van der Waals surface area (Å²) in [5.74, 6) is 0.929. The smallest absolute Gasteiger partial charge is 0.246 e. The van der Waals surface area contributed by atoms with Crippen LogP contribution in [0, 0.1) is 5.82 Å². The number of benzene rings is 2. The molecular formula is C24H31FN2O4. The minimum absolute atomic E-state index is 0.00586. The number of methoxy groups -OCH3 is 3.